The molecule has 0 aliphatic rings. The number of halogens is 5. The molecule has 0 aromatic heterocycles. The van der Waals surface area contributed by atoms with Gasteiger partial charge in [0.05, 0.1) is 10.0 Å². The first-order valence-corrected chi connectivity index (χ1v) is 6.05. The van der Waals surface area contributed by atoms with Crippen LogP contribution in [0.25, 0.3) is 0 Å². The molecule has 0 heterocycles. The van der Waals surface area contributed by atoms with Crippen LogP contribution in [-0.2, 0) is 6.54 Å². The molecule has 0 saturated heterocycles. The van der Waals surface area contributed by atoms with E-state index in [0.717, 1.165) is 12.1 Å². The molecule has 0 radical (unpaired) electrons. The van der Waals surface area contributed by atoms with E-state index in [-0.39, 0.29) is 16.6 Å². The maximum absolute atomic E-state index is 13.2. The van der Waals surface area contributed by atoms with E-state index in [1.807, 2.05) is 0 Å². The third-order valence-electron chi connectivity index (χ3n) is 2.46. The van der Waals surface area contributed by atoms with Gasteiger partial charge in [-0.15, -0.1) is 0 Å². The van der Waals surface area contributed by atoms with Crippen LogP contribution in [0, 0.1) is 17.5 Å². The average Bonchev–Trinajstić information content (AvgIpc) is 2.37. The molecule has 0 fully saturated rings. The first-order chi connectivity index (χ1) is 8.97. The fourth-order valence-corrected chi connectivity index (χ4v) is 2.00. The average molecular weight is 306 g/mol. The molecule has 6 heteroatoms. The number of hydrogen-bond donors (Lipinski definition) is 1. The van der Waals surface area contributed by atoms with Gasteiger partial charge in [-0.2, -0.15) is 0 Å². The molecule has 100 valence electrons. The minimum Gasteiger partial charge on any atom is -0.381 e. The normalized spacial score (nSPS) is 10.6. The van der Waals surface area contributed by atoms with Crippen LogP contribution in [0.4, 0.5) is 18.9 Å². The topological polar surface area (TPSA) is 12.0 Å². The van der Waals surface area contributed by atoms with Crippen molar-refractivity contribution in [1.29, 1.82) is 0 Å². The van der Waals surface area contributed by atoms with Crippen molar-refractivity contribution < 1.29 is 13.2 Å². The van der Waals surface area contributed by atoms with Crippen LogP contribution in [0.3, 0.4) is 0 Å². The molecule has 0 bridgehead atoms. The Morgan fingerprint density at radius 3 is 2.11 bits per heavy atom. The van der Waals surface area contributed by atoms with Crippen molar-refractivity contribution in [3.8, 4) is 0 Å². The minimum absolute atomic E-state index is 0.111. The van der Waals surface area contributed by atoms with Gasteiger partial charge in [-0.05, 0) is 29.8 Å². The smallest absolute Gasteiger partial charge is 0.160 e. The first-order valence-electron chi connectivity index (χ1n) is 5.29. The first kappa shape index (κ1) is 14.0. The number of benzene rings is 2. The number of nitrogens with one attached hydrogen (secondary N) is 1. The predicted molar refractivity (Wildman–Crippen MR) is 70.1 cm³/mol. The molecule has 0 unspecified atom stereocenters. The Morgan fingerprint density at radius 1 is 0.895 bits per heavy atom. The van der Waals surface area contributed by atoms with Crippen molar-refractivity contribution in [2.75, 3.05) is 5.32 Å². The summed E-state index contributed by atoms with van der Waals surface area (Å²) in [5.74, 6) is -2.52. The fourth-order valence-electron chi connectivity index (χ4n) is 1.51. The standard InChI is InChI=1S/C13H8Cl2F3N/c14-9-4-8(5-10(15)13(9)18)19-6-7-1-2-11(16)12(17)3-7/h1-5,19H,6H2. The fraction of sp³-hybridized carbons (Fsp3) is 0.0769. The molecule has 0 amide bonds. The van der Waals surface area contributed by atoms with Crippen LogP contribution in [-0.4, -0.2) is 0 Å². The summed E-state index contributed by atoms with van der Waals surface area (Å²) in [7, 11) is 0. The molecule has 2 aromatic carbocycles. The van der Waals surface area contributed by atoms with Crippen LogP contribution in [0.1, 0.15) is 5.56 Å². The van der Waals surface area contributed by atoms with Crippen LogP contribution < -0.4 is 5.32 Å². The zero-order valence-electron chi connectivity index (χ0n) is 9.48. The summed E-state index contributed by atoms with van der Waals surface area (Å²) in [4.78, 5) is 0. The number of hydrogen-bond acceptors (Lipinski definition) is 1. The minimum atomic E-state index is -0.922. The second kappa shape index (κ2) is 5.72. The Bertz CT molecular complexity index is 594. The van der Waals surface area contributed by atoms with Crippen molar-refractivity contribution in [1.82, 2.24) is 0 Å². The van der Waals surface area contributed by atoms with Crippen molar-refractivity contribution in [3.63, 3.8) is 0 Å². The molecule has 1 N–H and O–H groups in total. The maximum atomic E-state index is 13.2. The lowest BCUT2D eigenvalue weighted by molar-refractivity contribution is 0.507. The Balaban J connectivity index is 2.12. The van der Waals surface area contributed by atoms with Crippen molar-refractivity contribution in [2.24, 2.45) is 0 Å². The lowest BCUT2D eigenvalue weighted by Gasteiger charge is -2.08. The lowest BCUT2D eigenvalue weighted by atomic mass is 10.2. The summed E-state index contributed by atoms with van der Waals surface area (Å²) < 4.78 is 38.9. The Morgan fingerprint density at radius 2 is 1.53 bits per heavy atom. The van der Waals surface area contributed by atoms with Gasteiger partial charge in [0.2, 0.25) is 0 Å². The van der Waals surface area contributed by atoms with Gasteiger partial charge in [-0.1, -0.05) is 29.3 Å². The number of anilines is 1. The van der Waals surface area contributed by atoms with Crippen molar-refractivity contribution in [3.05, 3.63) is 63.4 Å². The molecule has 2 rings (SSSR count). The van der Waals surface area contributed by atoms with Gasteiger partial charge in [-0.25, -0.2) is 13.2 Å². The highest BCUT2D eigenvalue weighted by Crippen LogP contribution is 2.27. The van der Waals surface area contributed by atoms with E-state index in [1.54, 1.807) is 0 Å². The molecule has 0 aliphatic heterocycles. The summed E-state index contributed by atoms with van der Waals surface area (Å²) in [5.41, 5.74) is 1.02. The van der Waals surface area contributed by atoms with E-state index in [2.05, 4.69) is 5.32 Å². The highest BCUT2D eigenvalue weighted by Gasteiger charge is 2.08. The summed E-state index contributed by atoms with van der Waals surface area (Å²) in [5, 5.41) is 2.67. The van der Waals surface area contributed by atoms with Crippen LogP contribution in [0.2, 0.25) is 10.0 Å². The summed E-state index contributed by atoms with van der Waals surface area (Å²) in [6, 6.07) is 6.29. The van der Waals surface area contributed by atoms with Crippen molar-refractivity contribution in [2.45, 2.75) is 6.54 Å². The van der Waals surface area contributed by atoms with E-state index in [4.69, 9.17) is 23.2 Å². The quantitative estimate of drug-likeness (QED) is 0.785. The Kier molecular flexibility index (Phi) is 4.22. The highest BCUT2D eigenvalue weighted by molar-refractivity contribution is 6.35. The molecule has 0 aliphatic carbocycles. The molecule has 1 nitrogen and oxygen atoms in total. The third kappa shape index (κ3) is 3.33. The lowest BCUT2D eigenvalue weighted by Crippen LogP contribution is -2.01. The predicted octanol–water partition coefficient (Wildman–Crippen LogP) is 5.02. The Hall–Kier alpha value is -1.39. The second-order valence-corrected chi connectivity index (χ2v) is 4.67. The molecular weight excluding hydrogens is 298 g/mol. The maximum Gasteiger partial charge on any atom is 0.160 e. The molecular formula is C13H8Cl2F3N. The van der Waals surface area contributed by atoms with Gasteiger partial charge >= 0.3 is 0 Å². The molecule has 0 saturated carbocycles. The molecule has 2 aromatic rings. The van der Waals surface area contributed by atoms with Crippen LogP contribution in [0.15, 0.2) is 30.3 Å². The van der Waals surface area contributed by atoms with Gasteiger partial charge < -0.3 is 5.32 Å². The van der Waals surface area contributed by atoms with Crippen LogP contribution in [0.5, 0.6) is 0 Å². The van der Waals surface area contributed by atoms with Gasteiger partial charge in [0.1, 0.15) is 0 Å². The molecule has 0 spiro atoms. The monoisotopic (exact) mass is 305 g/mol. The number of rotatable bonds is 3. The summed E-state index contributed by atoms with van der Waals surface area (Å²) in [6.07, 6.45) is 0. The van der Waals surface area contributed by atoms with Gasteiger partial charge in [-0.3, -0.25) is 0 Å². The molecule has 0 atom stereocenters. The molecule has 19 heavy (non-hydrogen) atoms. The van der Waals surface area contributed by atoms with E-state index in [0.29, 0.717) is 11.3 Å². The summed E-state index contributed by atoms with van der Waals surface area (Å²) >= 11 is 11.3. The largest absolute Gasteiger partial charge is 0.381 e. The Labute approximate surface area is 118 Å². The highest BCUT2D eigenvalue weighted by atomic mass is 35.5. The van der Waals surface area contributed by atoms with Gasteiger partial charge in [0.15, 0.2) is 17.5 Å². The van der Waals surface area contributed by atoms with E-state index in [1.165, 1.54) is 18.2 Å². The van der Waals surface area contributed by atoms with Gasteiger partial charge in [0.25, 0.3) is 0 Å². The second-order valence-electron chi connectivity index (χ2n) is 3.86. The van der Waals surface area contributed by atoms with E-state index >= 15 is 0 Å². The zero-order chi connectivity index (χ0) is 14.0. The van der Waals surface area contributed by atoms with E-state index in [9.17, 15) is 13.2 Å². The summed E-state index contributed by atoms with van der Waals surface area (Å²) in [6.45, 7) is 0.232. The van der Waals surface area contributed by atoms with Crippen molar-refractivity contribution >= 4 is 28.9 Å². The van der Waals surface area contributed by atoms with E-state index < -0.39 is 17.5 Å². The SMILES string of the molecule is Fc1ccc(CNc2cc(Cl)c(F)c(Cl)c2)cc1F. The van der Waals surface area contributed by atoms with Gasteiger partial charge in [0, 0.05) is 12.2 Å². The third-order valence-corrected chi connectivity index (χ3v) is 3.01. The van der Waals surface area contributed by atoms with Crippen LogP contribution >= 0.6 is 23.2 Å². The zero-order valence-corrected chi connectivity index (χ0v) is 11.0.